The highest BCUT2D eigenvalue weighted by molar-refractivity contribution is 7.22. The van der Waals surface area contributed by atoms with Crippen LogP contribution in [0.25, 0.3) is 10.2 Å². The maximum Gasteiger partial charge on any atom is 0.228 e. The lowest BCUT2D eigenvalue weighted by Crippen LogP contribution is -2.15. The molecule has 5 nitrogen and oxygen atoms in total. The first-order valence-corrected chi connectivity index (χ1v) is 9.47. The number of fused-ring (bicyclic) bond motifs is 1. The van der Waals surface area contributed by atoms with E-state index >= 15 is 0 Å². The summed E-state index contributed by atoms with van der Waals surface area (Å²) in [5.74, 6) is -0.104. The Morgan fingerprint density at radius 3 is 2.62 bits per heavy atom. The third kappa shape index (κ3) is 4.26. The predicted octanol–water partition coefficient (Wildman–Crippen LogP) is 4.39. The van der Waals surface area contributed by atoms with Gasteiger partial charge in [0.15, 0.2) is 5.13 Å². The van der Waals surface area contributed by atoms with E-state index in [2.05, 4.69) is 22.5 Å². The molecular weight excluding hydrogens is 346 g/mol. The standard InChI is InChI=1S/C20H21N3O2S/c1-3-14-7-5-6-8-15(14)21-19(25)12-13-9-10-16-17(11-13)26-20(22-16)23-18(24)4-2/h5-11H,3-4,12H2,1-2H3,(H,21,25)(H,22,23,24). The number of carbonyl (C=O) groups excluding carboxylic acids is 2. The third-order valence-electron chi connectivity index (χ3n) is 4.06. The molecule has 0 atom stereocenters. The summed E-state index contributed by atoms with van der Waals surface area (Å²) in [7, 11) is 0. The molecule has 6 heteroatoms. The number of thiazole rings is 1. The van der Waals surface area contributed by atoms with Gasteiger partial charge < -0.3 is 10.6 Å². The predicted molar refractivity (Wildman–Crippen MR) is 107 cm³/mol. The normalized spacial score (nSPS) is 10.7. The summed E-state index contributed by atoms with van der Waals surface area (Å²) in [5.41, 5.74) is 3.72. The molecule has 2 amide bonds. The molecule has 0 aliphatic rings. The van der Waals surface area contributed by atoms with Gasteiger partial charge in [0.1, 0.15) is 0 Å². The average Bonchev–Trinajstić information content (AvgIpc) is 3.03. The second-order valence-corrected chi connectivity index (χ2v) is 6.99. The minimum atomic E-state index is -0.0572. The molecule has 2 aromatic carbocycles. The second-order valence-electron chi connectivity index (χ2n) is 5.96. The van der Waals surface area contributed by atoms with Crippen LogP contribution in [0.4, 0.5) is 10.8 Å². The first kappa shape index (κ1) is 18.1. The van der Waals surface area contributed by atoms with Crippen LogP contribution in [0, 0.1) is 0 Å². The SMILES string of the molecule is CCC(=O)Nc1nc2ccc(CC(=O)Nc3ccccc3CC)cc2s1. The summed E-state index contributed by atoms with van der Waals surface area (Å²) in [6, 6.07) is 13.6. The van der Waals surface area contributed by atoms with Crippen molar-refractivity contribution < 1.29 is 9.59 Å². The van der Waals surface area contributed by atoms with Crippen LogP contribution in [0.15, 0.2) is 42.5 Å². The van der Waals surface area contributed by atoms with E-state index in [1.807, 2.05) is 42.5 Å². The zero-order valence-electron chi connectivity index (χ0n) is 14.8. The molecule has 134 valence electrons. The van der Waals surface area contributed by atoms with E-state index in [4.69, 9.17) is 0 Å². The van der Waals surface area contributed by atoms with Crippen molar-refractivity contribution >= 4 is 44.2 Å². The Kier molecular flexibility index (Phi) is 5.63. The van der Waals surface area contributed by atoms with Crippen molar-refractivity contribution in [3.05, 3.63) is 53.6 Å². The number of rotatable bonds is 6. The molecule has 26 heavy (non-hydrogen) atoms. The quantitative estimate of drug-likeness (QED) is 0.679. The maximum atomic E-state index is 12.4. The van der Waals surface area contributed by atoms with Gasteiger partial charge in [0.25, 0.3) is 0 Å². The number of nitrogens with one attached hydrogen (secondary N) is 2. The number of benzene rings is 2. The summed E-state index contributed by atoms with van der Waals surface area (Å²) < 4.78 is 0.954. The van der Waals surface area contributed by atoms with Gasteiger partial charge in [-0.2, -0.15) is 0 Å². The summed E-state index contributed by atoms with van der Waals surface area (Å²) in [4.78, 5) is 28.3. The van der Waals surface area contributed by atoms with E-state index in [1.165, 1.54) is 11.3 Å². The number of hydrogen-bond acceptors (Lipinski definition) is 4. The lowest BCUT2D eigenvalue weighted by molar-refractivity contribution is -0.116. The maximum absolute atomic E-state index is 12.4. The minimum Gasteiger partial charge on any atom is -0.326 e. The Labute approximate surface area is 156 Å². The van der Waals surface area contributed by atoms with E-state index in [0.29, 0.717) is 18.0 Å². The molecule has 3 aromatic rings. The number of amides is 2. The number of carbonyl (C=O) groups is 2. The third-order valence-corrected chi connectivity index (χ3v) is 4.99. The fourth-order valence-corrected chi connectivity index (χ4v) is 3.62. The zero-order valence-corrected chi connectivity index (χ0v) is 15.7. The smallest absolute Gasteiger partial charge is 0.228 e. The molecule has 0 radical (unpaired) electrons. The van der Waals surface area contributed by atoms with Crippen molar-refractivity contribution in [3.63, 3.8) is 0 Å². The van der Waals surface area contributed by atoms with E-state index < -0.39 is 0 Å². The van der Waals surface area contributed by atoms with E-state index in [-0.39, 0.29) is 11.8 Å². The fraction of sp³-hybridized carbons (Fsp3) is 0.250. The average molecular weight is 367 g/mol. The molecule has 0 aliphatic carbocycles. The van der Waals surface area contributed by atoms with Gasteiger partial charge in [-0.3, -0.25) is 9.59 Å². The Morgan fingerprint density at radius 1 is 1.04 bits per heavy atom. The Balaban J connectivity index is 1.72. The van der Waals surface area contributed by atoms with Gasteiger partial charge in [0.2, 0.25) is 11.8 Å². The molecule has 2 N–H and O–H groups in total. The molecular formula is C20H21N3O2S. The number of para-hydroxylation sites is 1. The van der Waals surface area contributed by atoms with Crippen LogP contribution in [-0.2, 0) is 22.4 Å². The molecule has 3 rings (SSSR count). The summed E-state index contributed by atoms with van der Waals surface area (Å²) in [6.07, 6.45) is 1.58. The molecule has 0 fully saturated rings. The van der Waals surface area contributed by atoms with Crippen LogP contribution in [-0.4, -0.2) is 16.8 Å². The van der Waals surface area contributed by atoms with E-state index in [9.17, 15) is 9.59 Å². The van der Waals surface area contributed by atoms with Crippen LogP contribution >= 0.6 is 11.3 Å². The van der Waals surface area contributed by atoms with Crippen LogP contribution < -0.4 is 10.6 Å². The summed E-state index contributed by atoms with van der Waals surface area (Å²) in [6.45, 7) is 3.87. The number of aryl methyl sites for hydroxylation is 1. The van der Waals surface area contributed by atoms with Gasteiger partial charge in [-0.1, -0.05) is 49.4 Å². The highest BCUT2D eigenvalue weighted by atomic mass is 32.1. The van der Waals surface area contributed by atoms with Crippen LogP contribution in [0.1, 0.15) is 31.4 Å². The molecule has 0 spiro atoms. The van der Waals surface area contributed by atoms with Crippen molar-refractivity contribution in [2.45, 2.75) is 33.1 Å². The van der Waals surface area contributed by atoms with Crippen LogP contribution in [0.3, 0.4) is 0 Å². The van der Waals surface area contributed by atoms with Crippen molar-refractivity contribution in [2.75, 3.05) is 10.6 Å². The Hall–Kier alpha value is -2.73. The molecule has 1 aromatic heterocycles. The van der Waals surface area contributed by atoms with E-state index in [1.54, 1.807) is 6.92 Å². The van der Waals surface area contributed by atoms with Gasteiger partial charge in [0.05, 0.1) is 16.6 Å². The number of hydrogen-bond donors (Lipinski definition) is 2. The first-order valence-electron chi connectivity index (χ1n) is 8.66. The van der Waals surface area contributed by atoms with Crippen molar-refractivity contribution in [2.24, 2.45) is 0 Å². The van der Waals surface area contributed by atoms with Gasteiger partial charge in [0, 0.05) is 12.1 Å². The zero-order chi connectivity index (χ0) is 18.5. The Morgan fingerprint density at radius 2 is 1.85 bits per heavy atom. The van der Waals surface area contributed by atoms with Crippen LogP contribution in [0.2, 0.25) is 0 Å². The van der Waals surface area contributed by atoms with Gasteiger partial charge in [-0.15, -0.1) is 0 Å². The lowest BCUT2D eigenvalue weighted by Gasteiger charge is -2.09. The van der Waals surface area contributed by atoms with Crippen LogP contribution in [0.5, 0.6) is 0 Å². The fourth-order valence-electron chi connectivity index (χ4n) is 2.67. The largest absolute Gasteiger partial charge is 0.326 e. The number of nitrogens with zero attached hydrogens (tertiary/aromatic N) is 1. The van der Waals surface area contributed by atoms with Crippen molar-refractivity contribution in [3.8, 4) is 0 Å². The molecule has 0 saturated heterocycles. The van der Waals surface area contributed by atoms with Crippen molar-refractivity contribution in [1.29, 1.82) is 0 Å². The number of anilines is 2. The second kappa shape index (κ2) is 8.10. The molecule has 0 bridgehead atoms. The van der Waals surface area contributed by atoms with E-state index in [0.717, 1.165) is 33.5 Å². The first-order chi connectivity index (χ1) is 12.6. The molecule has 0 saturated carbocycles. The number of aromatic nitrogens is 1. The monoisotopic (exact) mass is 367 g/mol. The highest BCUT2D eigenvalue weighted by Crippen LogP contribution is 2.27. The summed E-state index contributed by atoms with van der Waals surface area (Å²) >= 11 is 1.42. The topological polar surface area (TPSA) is 71.1 Å². The lowest BCUT2D eigenvalue weighted by atomic mass is 10.1. The molecule has 0 aliphatic heterocycles. The molecule has 1 heterocycles. The highest BCUT2D eigenvalue weighted by Gasteiger charge is 2.10. The Bertz CT molecular complexity index is 949. The minimum absolute atomic E-state index is 0.0470. The van der Waals surface area contributed by atoms with Crippen molar-refractivity contribution in [1.82, 2.24) is 4.98 Å². The summed E-state index contributed by atoms with van der Waals surface area (Å²) in [5, 5.41) is 6.35. The van der Waals surface area contributed by atoms with Gasteiger partial charge in [-0.05, 0) is 35.7 Å². The van der Waals surface area contributed by atoms with Gasteiger partial charge in [-0.25, -0.2) is 4.98 Å². The molecule has 0 unspecified atom stereocenters. The van der Waals surface area contributed by atoms with Gasteiger partial charge >= 0.3 is 0 Å².